The van der Waals surface area contributed by atoms with Crippen LogP contribution in [-0.4, -0.2) is 31.1 Å². The molecule has 0 saturated heterocycles. The highest BCUT2D eigenvalue weighted by Crippen LogP contribution is 2.29. The van der Waals surface area contributed by atoms with Gasteiger partial charge in [0, 0.05) is 55.6 Å². The molecule has 0 radical (unpaired) electrons. The Balaban J connectivity index is 1.52. The number of fused-ring (bicyclic) bond motifs is 2. The lowest BCUT2D eigenvalue weighted by Crippen LogP contribution is -2.32. The van der Waals surface area contributed by atoms with Gasteiger partial charge in [-0.25, -0.2) is 9.50 Å². The predicted molar refractivity (Wildman–Crippen MR) is 97.8 cm³/mol. The Morgan fingerprint density at radius 1 is 1.16 bits per heavy atom. The van der Waals surface area contributed by atoms with Crippen molar-refractivity contribution >= 4 is 22.8 Å². The van der Waals surface area contributed by atoms with E-state index < -0.39 is 0 Å². The van der Waals surface area contributed by atoms with E-state index in [2.05, 4.69) is 38.9 Å². The summed E-state index contributed by atoms with van der Waals surface area (Å²) in [6.07, 6.45) is 8.46. The molecule has 25 heavy (non-hydrogen) atoms. The zero-order chi connectivity index (χ0) is 16.8. The third kappa shape index (κ3) is 2.47. The van der Waals surface area contributed by atoms with Crippen molar-refractivity contribution in [3.05, 3.63) is 59.3 Å². The highest BCUT2D eigenvalue weighted by Gasteiger charge is 2.21. The van der Waals surface area contributed by atoms with Gasteiger partial charge in [0.25, 0.3) is 0 Å². The molecule has 5 heterocycles. The van der Waals surface area contributed by atoms with Crippen molar-refractivity contribution in [3.8, 4) is 10.4 Å². The third-order valence-corrected chi connectivity index (χ3v) is 5.43. The molecular formula is C18H16N6S. The molecule has 0 aliphatic carbocycles. The van der Waals surface area contributed by atoms with Gasteiger partial charge in [0.05, 0.1) is 10.4 Å². The smallest absolute Gasteiger partial charge is 0.153 e. The SMILES string of the molecule is Cc1cc2nccn2nc1N1CCc2ncc(-c3cncs3)cc2C1. The maximum Gasteiger partial charge on any atom is 0.153 e. The van der Waals surface area contributed by atoms with Gasteiger partial charge >= 0.3 is 0 Å². The molecule has 0 N–H and O–H groups in total. The molecule has 0 fully saturated rings. The van der Waals surface area contributed by atoms with Crippen molar-refractivity contribution < 1.29 is 0 Å². The Labute approximate surface area is 148 Å². The zero-order valence-electron chi connectivity index (χ0n) is 13.8. The number of rotatable bonds is 2. The minimum absolute atomic E-state index is 0.822. The molecule has 0 atom stereocenters. The molecule has 0 aromatic carbocycles. The third-order valence-electron chi connectivity index (χ3n) is 4.61. The molecule has 0 bridgehead atoms. The predicted octanol–water partition coefficient (Wildman–Crippen LogP) is 3.12. The second-order valence-corrected chi connectivity index (χ2v) is 7.13. The van der Waals surface area contributed by atoms with Gasteiger partial charge in [-0.1, -0.05) is 0 Å². The summed E-state index contributed by atoms with van der Waals surface area (Å²) < 4.78 is 1.84. The molecular weight excluding hydrogens is 332 g/mol. The Bertz CT molecular complexity index is 1050. The van der Waals surface area contributed by atoms with Gasteiger partial charge in [0.2, 0.25) is 0 Å². The topological polar surface area (TPSA) is 59.2 Å². The fourth-order valence-corrected chi connectivity index (χ4v) is 3.95. The van der Waals surface area contributed by atoms with Gasteiger partial charge in [0.1, 0.15) is 0 Å². The van der Waals surface area contributed by atoms with Crippen molar-refractivity contribution in [3.63, 3.8) is 0 Å². The zero-order valence-corrected chi connectivity index (χ0v) is 14.6. The van der Waals surface area contributed by atoms with Gasteiger partial charge in [-0.05, 0) is 30.2 Å². The number of aromatic nitrogens is 5. The molecule has 0 spiro atoms. The van der Waals surface area contributed by atoms with Gasteiger partial charge in [-0.3, -0.25) is 9.97 Å². The molecule has 5 rings (SSSR count). The van der Waals surface area contributed by atoms with E-state index >= 15 is 0 Å². The van der Waals surface area contributed by atoms with Crippen LogP contribution in [-0.2, 0) is 13.0 Å². The largest absolute Gasteiger partial charge is 0.350 e. The van der Waals surface area contributed by atoms with E-state index in [1.165, 1.54) is 11.3 Å². The van der Waals surface area contributed by atoms with Crippen LogP contribution >= 0.6 is 11.3 Å². The average Bonchev–Trinajstić information content (AvgIpc) is 3.31. The lowest BCUT2D eigenvalue weighted by atomic mass is 10.0. The fraction of sp³-hybridized carbons (Fsp3) is 0.222. The second kappa shape index (κ2) is 5.63. The van der Waals surface area contributed by atoms with Crippen LogP contribution in [0.5, 0.6) is 0 Å². The van der Waals surface area contributed by atoms with Crippen LogP contribution < -0.4 is 4.90 Å². The van der Waals surface area contributed by atoms with E-state index in [0.29, 0.717) is 0 Å². The first kappa shape index (κ1) is 14.5. The molecule has 4 aromatic rings. The molecule has 4 aromatic heterocycles. The maximum atomic E-state index is 4.76. The normalized spacial score (nSPS) is 14.0. The van der Waals surface area contributed by atoms with Crippen LogP contribution in [0.4, 0.5) is 5.82 Å². The van der Waals surface area contributed by atoms with Crippen LogP contribution in [0.2, 0.25) is 0 Å². The average molecular weight is 348 g/mol. The molecule has 1 aliphatic rings. The van der Waals surface area contributed by atoms with E-state index in [-0.39, 0.29) is 0 Å². The summed E-state index contributed by atoms with van der Waals surface area (Å²) in [6, 6.07) is 4.33. The summed E-state index contributed by atoms with van der Waals surface area (Å²) in [4.78, 5) is 16.6. The Hall–Kier alpha value is -2.80. The Morgan fingerprint density at radius 3 is 3.00 bits per heavy atom. The number of thiazole rings is 1. The van der Waals surface area contributed by atoms with E-state index in [1.807, 2.05) is 28.6 Å². The first-order chi connectivity index (χ1) is 12.3. The van der Waals surface area contributed by atoms with Crippen molar-refractivity contribution in [2.75, 3.05) is 11.4 Å². The molecule has 124 valence electrons. The summed E-state index contributed by atoms with van der Waals surface area (Å²) >= 11 is 1.64. The summed E-state index contributed by atoms with van der Waals surface area (Å²) in [5.41, 5.74) is 7.48. The highest BCUT2D eigenvalue weighted by atomic mass is 32.1. The van der Waals surface area contributed by atoms with Gasteiger partial charge < -0.3 is 4.90 Å². The number of pyridine rings is 1. The quantitative estimate of drug-likeness (QED) is 0.557. The monoisotopic (exact) mass is 348 g/mol. The number of nitrogens with zero attached hydrogens (tertiary/aromatic N) is 6. The molecule has 0 saturated carbocycles. The van der Waals surface area contributed by atoms with E-state index in [9.17, 15) is 0 Å². The first-order valence-electron chi connectivity index (χ1n) is 8.20. The fourth-order valence-electron chi connectivity index (χ4n) is 3.35. The number of hydrogen-bond donors (Lipinski definition) is 0. The summed E-state index contributed by atoms with van der Waals surface area (Å²) in [6.45, 7) is 3.84. The van der Waals surface area contributed by atoms with E-state index in [4.69, 9.17) is 5.10 Å². The van der Waals surface area contributed by atoms with Gasteiger partial charge in [0.15, 0.2) is 11.5 Å². The lowest BCUT2D eigenvalue weighted by molar-refractivity contribution is 0.689. The Morgan fingerprint density at radius 2 is 2.12 bits per heavy atom. The minimum Gasteiger partial charge on any atom is -0.350 e. The van der Waals surface area contributed by atoms with Crippen LogP contribution in [0.25, 0.3) is 16.1 Å². The Kier molecular flexibility index (Phi) is 3.27. The van der Waals surface area contributed by atoms with Crippen LogP contribution in [0.3, 0.4) is 0 Å². The molecule has 0 amide bonds. The molecule has 7 heteroatoms. The molecule has 0 unspecified atom stereocenters. The number of hydrogen-bond acceptors (Lipinski definition) is 6. The summed E-state index contributed by atoms with van der Waals surface area (Å²) in [5.74, 6) is 1.01. The number of anilines is 1. The van der Waals surface area contributed by atoms with Crippen molar-refractivity contribution in [1.29, 1.82) is 0 Å². The van der Waals surface area contributed by atoms with E-state index in [1.54, 1.807) is 17.5 Å². The van der Waals surface area contributed by atoms with Gasteiger partial charge in [-0.2, -0.15) is 0 Å². The van der Waals surface area contributed by atoms with Crippen LogP contribution in [0.15, 0.2) is 42.4 Å². The lowest BCUT2D eigenvalue weighted by Gasteiger charge is -2.30. The van der Waals surface area contributed by atoms with Crippen LogP contribution in [0.1, 0.15) is 16.8 Å². The minimum atomic E-state index is 0.822. The highest BCUT2D eigenvalue weighted by molar-refractivity contribution is 7.13. The standard InChI is InChI=1S/C18H16N6S/c1-12-6-17-20-3-5-24(17)22-18(12)23-4-2-15-14(10-23)7-13(8-21-15)16-9-19-11-25-16/h3,5-9,11H,2,4,10H2,1H3. The van der Waals surface area contributed by atoms with Gasteiger partial charge in [-0.15, -0.1) is 16.4 Å². The molecule has 1 aliphatic heterocycles. The van der Waals surface area contributed by atoms with E-state index in [0.717, 1.165) is 47.0 Å². The summed E-state index contributed by atoms with van der Waals surface area (Å²) in [5, 5.41) is 4.76. The maximum absolute atomic E-state index is 4.76. The summed E-state index contributed by atoms with van der Waals surface area (Å²) in [7, 11) is 0. The number of aryl methyl sites for hydroxylation is 1. The van der Waals surface area contributed by atoms with Crippen molar-refractivity contribution in [1.82, 2.24) is 24.6 Å². The van der Waals surface area contributed by atoms with Crippen LogP contribution in [0, 0.1) is 6.92 Å². The molecule has 6 nitrogen and oxygen atoms in total. The van der Waals surface area contributed by atoms with Crippen molar-refractivity contribution in [2.45, 2.75) is 19.9 Å². The first-order valence-corrected chi connectivity index (χ1v) is 9.08. The number of imidazole rings is 1. The second-order valence-electron chi connectivity index (χ2n) is 6.25. The van der Waals surface area contributed by atoms with Crippen molar-refractivity contribution in [2.24, 2.45) is 0 Å².